The second kappa shape index (κ2) is 5.90. The molecule has 2 N–H and O–H groups in total. The lowest BCUT2D eigenvalue weighted by Crippen LogP contribution is -1.96. The van der Waals surface area contributed by atoms with Crippen molar-refractivity contribution in [2.75, 3.05) is 5.73 Å². The number of pyridine rings is 2. The van der Waals surface area contributed by atoms with Gasteiger partial charge in [-0.05, 0) is 43.3 Å². The summed E-state index contributed by atoms with van der Waals surface area (Å²) >= 11 is 0. The number of aromatic nitrogens is 3. The van der Waals surface area contributed by atoms with Gasteiger partial charge >= 0.3 is 0 Å². The van der Waals surface area contributed by atoms with Crippen LogP contribution in [0, 0.1) is 12.7 Å². The lowest BCUT2D eigenvalue weighted by atomic mass is 10.1. The van der Waals surface area contributed by atoms with E-state index in [2.05, 4.69) is 10.1 Å². The Hall–Kier alpha value is -3.41. The van der Waals surface area contributed by atoms with Crippen LogP contribution in [0.2, 0.25) is 0 Å². The molecule has 0 aliphatic rings. The van der Waals surface area contributed by atoms with E-state index in [0.717, 1.165) is 22.5 Å². The number of ether oxygens (including phenoxy) is 1. The summed E-state index contributed by atoms with van der Waals surface area (Å²) in [6, 6.07) is 13.7. The molecule has 0 spiro atoms. The summed E-state index contributed by atoms with van der Waals surface area (Å²) in [6.45, 7) is 1.93. The largest absolute Gasteiger partial charge is 0.452 e. The smallest absolute Gasteiger partial charge is 0.167 e. The molecule has 0 fully saturated rings. The van der Waals surface area contributed by atoms with Gasteiger partial charge in [-0.25, -0.2) is 8.91 Å². The van der Waals surface area contributed by atoms with Crippen molar-refractivity contribution in [3.8, 4) is 22.8 Å². The first-order valence-corrected chi connectivity index (χ1v) is 7.74. The second-order valence-corrected chi connectivity index (χ2v) is 5.71. The maximum atomic E-state index is 14.1. The number of anilines is 1. The van der Waals surface area contributed by atoms with E-state index in [1.165, 1.54) is 12.1 Å². The first-order valence-electron chi connectivity index (χ1n) is 7.74. The molecule has 0 aliphatic heterocycles. The topological polar surface area (TPSA) is 65.4 Å². The highest BCUT2D eigenvalue weighted by atomic mass is 19.1. The number of nitrogens with two attached hydrogens (primary N) is 1. The minimum Gasteiger partial charge on any atom is -0.452 e. The third-order valence-corrected chi connectivity index (χ3v) is 3.83. The van der Waals surface area contributed by atoms with Crippen molar-refractivity contribution < 1.29 is 9.13 Å². The molecule has 0 unspecified atom stereocenters. The van der Waals surface area contributed by atoms with E-state index in [9.17, 15) is 4.39 Å². The summed E-state index contributed by atoms with van der Waals surface area (Å²) in [5, 5.41) is 4.26. The summed E-state index contributed by atoms with van der Waals surface area (Å²) in [7, 11) is 0. The number of benzene rings is 1. The predicted octanol–water partition coefficient (Wildman–Crippen LogP) is 4.22. The molecule has 0 saturated heterocycles. The molecule has 3 heterocycles. The van der Waals surface area contributed by atoms with Crippen molar-refractivity contribution >= 4 is 11.2 Å². The summed E-state index contributed by atoms with van der Waals surface area (Å²) in [5.74, 6) is 0.0744. The fraction of sp³-hybridized carbons (Fsp3) is 0.0526. The maximum Gasteiger partial charge on any atom is 0.167 e. The van der Waals surface area contributed by atoms with Gasteiger partial charge in [0, 0.05) is 29.2 Å². The van der Waals surface area contributed by atoms with Gasteiger partial charge in [-0.2, -0.15) is 5.10 Å². The van der Waals surface area contributed by atoms with E-state index >= 15 is 0 Å². The van der Waals surface area contributed by atoms with Crippen LogP contribution in [0.1, 0.15) is 5.69 Å². The highest BCUT2D eigenvalue weighted by Gasteiger charge is 2.12. The predicted molar refractivity (Wildman–Crippen MR) is 94.0 cm³/mol. The van der Waals surface area contributed by atoms with Gasteiger partial charge in [0.2, 0.25) is 0 Å². The van der Waals surface area contributed by atoms with E-state index in [1.54, 1.807) is 22.8 Å². The zero-order valence-corrected chi connectivity index (χ0v) is 13.5. The summed E-state index contributed by atoms with van der Waals surface area (Å²) in [4.78, 5) is 4.52. The average molecular weight is 334 g/mol. The molecule has 0 aliphatic carbocycles. The fourth-order valence-corrected chi connectivity index (χ4v) is 2.64. The SMILES string of the molecule is Cc1cccc(-c2cc(Oc3ccc(N)cc3F)c3ccnn3c2)n1. The molecule has 0 radical (unpaired) electrons. The molecule has 124 valence electrons. The lowest BCUT2D eigenvalue weighted by molar-refractivity contribution is 0.445. The van der Waals surface area contributed by atoms with Gasteiger partial charge in [0.15, 0.2) is 17.3 Å². The Morgan fingerprint density at radius 1 is 1.08 bits per heavy atom. The molecule has 5 nitrogen and oxygen atoms in total. The zero-order valence-electron chi connectivity index (χ0n) is 13.5. The van der Waals surface area contributed by atoms with E-state index in [1.807, 2.05) is 37.4 Å². The number of nitrogen functional groups attached to an aromatic ring is 1. The van der Waals surface area contributed by atoms with Crippen LogP contribution in [0.3, 0.4) is 0 Å². The van der Waals surface area contributed by atoms with Gasteiger partial charge in [-0.15, -0.1) is 0 Å². The van der Waals surface area contributed by atoms with Gasteiger partial charge in [-0.3, -0.25) is 4.98 Å². The van der Waals surface area contributed by atoms with Crippen molar-refractivity contribution in [1.29, 1.82) is 0 Å². The first-order chi connectivity index (χ1) is 12.1. The van der Waals surface area contributed by atoms with Crippen LogP contribution >= 0.6 is 0 Å². The van der Waals surface area contributed by atoms with Crippen LogP contribution in [0.25, 0.3) is 16.8 Å². The summed E-state index contributed by atoms with van der Waals surface area (Å²) in [5.41, 5.74) is 9.19. The number of fused-ring (bicyclic) bond motifs is 1. The van der Waals surface area contributed by atoms with E-state index in [-0.39, 0.29) is 5.75 Å². The van der Waals surface area contributed by atoms with Gasteiger partial charge in [0.1, 0.15) is 5.52 Å². The van der Waals surface area contributed by atoms with Gasteiger partial charge in [-0.1, -0.05) is 6.07 Å². The maximum absolute atomic E-state index is 14.1. The Morgan fingerprint density at radius 3 is 2.76 bits per heavy atom. The van der Waals surface area contributed by atoms with E-state index < -0.39 is 5.82 Å². The van der Waals surface area contributed by atoms with Gasteiger partial charge in [0.25, 0.3) is 0 Å². The van der Waals surface area contributed by atoms with Gasteiger partial charge in [0.05, 0.1) is 11.9 Å². The van der Waals surface area contributed by atoms with Crippen LogP contribution < -0.4 is 10.5 Å². The van der Waals surface area contributed by atoms with Crippen LogP contribution in [-0.2, 0) is 0 Å². The minimum atomic E-state index is -0.517. The first kappa shape index (κ1) is 15.1. The number of hydrogen-bond acceptors (Lipinski definition) is 4. The normalized spacial score (nSPS) is 11.0. The van der Waals surface area contributed by atoms with E-state index in [4.69, 9.17) is 10.5 Å². The van der Waals surface area contributed by atoms with Gasteiger partial charge < -0.3 is 10.5 Å². The molecule has 6 heteroatoms. The fourth-order valence-electron chi connectivity index (χ4n) is 2.64. The van der Waals surface area contributed by atoms with Crippen molar-refractivity contribution in [1.82, 2.24) is 14.6 Å². The number of hydrogen-bond donors (Lipinski definition) is 1. The third kappa shape index (κ3) is 2.89. The summed E-state index contributed by atoms with van der Waals surface area (Å²) in [6.07, 6.45) is 3.53. The Morgan fingerprint density at radius 2 is 1.96 bits per heavy atom. The van der Waals surface area contributed by atoms with Crippen LogP contribution in [-0.4, -0.2) is 14.6 Å². The van der Waals surface area contributed by atoms with Crippen LogP contribution in [0.4, 0.5) is 10.1 Å². The highest BCUT2D eigenvalue weighted by molar-refractivity contribution is 5.69. The molecule has 0 bridgehead atoms. The van der Waals surface area contributed by atoms with Crippen molar-refractivity contribution in [2.24, 2.45) is 0 Å². The zero-order chi connectivity index (χ0) is 17.4. The third-order valence-electron chi connectivity index (χ3n) is 3.83. The van der Waals surface area contributed by atoms with Crippen molar-refractivity contribution in [3.05, 3.63) is 72.4 Å². The van der Waals surface area contributed by atoms with Crippen molar-refractivity contribution in [3.63, 3.8) is 0 Å². The molecule has 4 rings (SSSR count). The second-order valence-electron chi connectivity index (χ2n) is 5.71. The lowest BCUT2D eigenvalue weighted by Gasteiger charge is -2.11. The molecular weight excluding hydrogens is 319 g/mol. The van der Waals surface area contributed by atoms with Crippen LogP contribution in [0.5, 0.6) is 11.5 Å². The Labute approximate surface area is 143 Å². The molecule has 0 atom stereocenters. The van der Waals surface area contributed by atoms with Crippen LogP contribution in [0.15, 0.2) is 60.9 Å². The number of rotatable bonds is 3. The Kier molecular flexibility index (Phi) is 3.57. The molecule has 0 saturated carbocycles. The quantitative estimate of drug-likeness (QED) is 0.570. The highest BCUT2D eigenvalue weighted by Crippen LogP contribution is 2.32. The molecule has 4 aromatic rings. The number of nitrogens with zero attached hydrogens (tertiary/aromatic N) is 3. The summed E-state index contributed by atoms with van der Waals surface area (Å²) < 4.78 is 21.6. The number of halogens is 1. The molecule has 1 aromatic carbocycles. The Balaban J connectivity index is 1.83. The molecular formula is C19H15FN4O. The molecule has 25 heavy (non-hydrogen) atoms. The molecule has 3 aromatic heterocycles. The monoisotopic (exact) mass is 334 g/mol. The minimum absolute atomic E-state index is 0.103. The average Bonchev–Trinajstić information content (AvgIpc) is 3.06. The van der Waals surface area contributed by atoms with Crippen molar-refractivity contribution in [2.45, 2.75) is 6.92 Å². The Bertz CT molecular complexity index is 1070. The number of aryl methyl sites for hydroxylation is 1. The molecule has 0 amide bonds. The van der Waals surface area contributed by atoms with E-state index in [0.29, 0.717) is 11.4 Å². The standard InChI is InChI=1S/C19H15FN4O/c1-12-3-2-4-16(23-12)13-9-19(17-7-8-22-24(17)11-13)25-18-6-5-14(21)10-15(18)20/h2-11H,21H2,1H3.